The lowest BCUT2D eigenvalue weighted by Crippen LogP contribution is -2.35. The van der Waals surface area contributed by atoms with Crippen LogP contribution < -0.4 is 26.6 Å². The van der Waals surface area contributed by atoms with Crippen molar-refractivity contribution in [3.8, 4) is 5.69 Å². The van der Waals surface area contributed by atoms with E-state index in [1.54, 1.807) is 17.8 Å². The zero-order chi connectivity index (χ0) is 26.4. The number of sulfonamides is 1. The molecule has 10 nitrogen and oxygen atoms in total. The van der Waals surface area contributed by atoms with E-state index < -0.39 is 43.8 Å². The topological polar surface area (TPSA) is 142 Å². The number of rotatable bonds is 5. The lowest BCUT2D eigenvalue weighted by atomic mass is 10.2. The standard InChI is InChI=1S/C20H13Cl3FN5O5S2/c1-25-8-2-3-10-14(6-8)27-20(32)29(18(10)30)16-11(21)4-9(5-13(16)24)26-19(31)28-36(33,34)15-7-12(22)17(23)35-15/h2-7,25H,1H3,(H,27,32)(H2,26,28,31). The predicted octanol–water partition coefficient (Wildman–Crippen LogP) is 4.39. The quantitative estimate of drug-likeness (QED) is 0.271. The lowest BCUT2D eigenvalue weighted by Gasteiger charge is -2.13. The molecule has 16 heteroatoms. The highest BCUT2D eigenvalue weighted by molar-refractivity contribution is 7.92. The van der Waals surface area contributed by atoms with Crippen molar-refractivity contribution < 1.29 is 17.6 Å². The van der Waals surface area contributed by atoms with Gasteiger partial charge in [0.25, 0.3) is 15.6 Å². The van der Waals surface area contributed by atoms with Crippen molar-refractivity contribution in [2.75, 3.05) is 17.7 Å². The summed E-state index contributed by atoms with van der Waals surface area (Å²) in [6, 6.07) is 6.24. The second kappa shape index (κ2) is 9.75. The summed E-state index contributed by atoms with van der Waals surface area (Å²) < 4.78 is 41.7. The zero-order valence-corrected chi connectivity index (χ0v) is 21.7. The molecule has 0 saturated carbocycles. The number of carbonyl (C=O) groups is 1. The van der Waals surface area contributed by atoms with Crippen molar-refractivity contribution in [3.05, 3.63) is 77.4 Å². The van der Waals surface area contributed by atoms with Gasteiger partial charge in [-0.15, -0.1) is 11.3 Å². The molecule has 0 aliphatic heterocycles. The van der Waals surface area contributed by atoms with Crippen LogP contribution in [0.15, 0.2) is 50.2 Å². The number of amides is 2. The SMILES string of the molecule is CNc1ccc2c(=O)n(-c3c(F)cc(NC(=O)NS(=O)(=O)c4cc(Cl)c(Cl)s4)cc3Cl)c(=O)[nH]c2c1. The molecule has 0 radical (unpaired) electrons. The molecule has 2 aromatic heterocycles. The number of nitrogens with zero attached hydrogens (tertiary/aromatic N) is 1. The minimum Gasteiger partial charge on any atom is -0.388 e. The van der Waals surface area contributed by atoms with Crippen LogP contribution in [0.4, 0.5) is 20.6 Å². The number of aromatic nitrogens is 2. The van der Waals surface area contributed by atoms with Crippen molar-refractivity contribution in [2.24, 2.45) is 0 Å². The Bertz CT molecular complexity index is 1730. The maximum atomic E-state index is 15.1. The van der Waals surface area contributed by atoms with Crippen LogP contribution in [0.25, 0.3) is 16.6 Å². The number of thiophene rings is 1. The molecular formula is C20H13Cl3FN5O5S2. The summed E-state index contributed by atoms with van der Waals surface area (Å²) in [6.07, 6.45) is 0. The molecule has 4 N–H and O–H groups in total. The van der Waals surface area contributed by atoms with Gasteiger partial charge in [0.15, 0.2) is 5.82 Å². The second-order valence-corrected chi connectivity index (χ2v) is 11.5. The fourth-order valence-electron chi connectivity index (χ4n) is 3.22. The predicted molar refractivity (Wildman–Crippen MR) is 138 cm³/mol. The third kappa shape index (κ3) is 4.92. The first kappa shape index (κ1) is 26.0. The molecule has 0 saturated heterocycles. The number of aromatic amines is 1. The maximum absolute atomic E-state index is 15.1. The molecule has 0 fully saturated rings. The van der Waals surface area contributed by atoms with Gasteiger partial charge >= 0.3 is 11.7 Å². The van der Waals surface area contributed by atoms with Crippen LogP contribution >= 0.6 is 46.1 Å². The largest absolute Gasteiger partial charge is 0.388 e. The highest BCUT2D eigenvalue weighted by Crippen LogP contribution is 2.34. The minimum atomic E-state index is -4.32. The molecule has 2 heterocycles. The zero-order valence-electron chi connectivity index (χ0n) is 17.8. The summed E-state index contributed by atoms with van der Waals surface area (Å²) in [7, 11) is -2.66. The summed E-state index contributed by atoms with van der Waals surface area (Å²) in [6.45, 7) is 0. The number of H-pyrrole nitrogens is 1. The maximum Gasteiger partial charge on any atom is 0.333 e. The number of fused-ring (bicyclic) bond motifs is 1. The molecule has 36 heavy (non-hydrogen) atoms. The Hall–Kier alpha value is -3.10. The van der Waals surface area contributed by atoms with Gasteiger partial charge in [-0.1, -0.05) is 34.8 Å². The second-order valence-electron chi connectivity index (χ2n) is 7.12. The van der Waals surface area contributed by atoms with Gasteiger partial charge in [-0.05, 0) is 36.4 Å². The third-order valence-corrected chi connectivity index (χ3v) is 8.76. The van der Waals surface area contributed by atoms with E-state index in [2.05, 4.69) is 15.6 Å². The highest BCUT2D eigenvalue weighted by Gasteiger charge is 2.23. The minimum absolute atomic E-state index is 0.00622. The van der Waals surface area contributed by atoms with E-state index in [4.69, 9.17) is 34.8 Å². The summed E-state index contributed by atoms with van der Waals surface area (Å²) >= 11 is 18.3. The van der Waals surface area contributed by atoms with E-state index in [1.807, 2.05) is 0 Å². The van der Waals surface area contributed by atoms with E-state index in [9.17, 15) is 22.8 Å². The fourth-order valence-corrected chi connectivity index (χ4v) is 6.30. The van der Waals surface area contributed by atoms with E-state index >= 15 is 4.39 Å². The number of halogens is 4. The van der Waals surface area contributed by atoms with Gasteiger partial charge in [-0.25, -0.2) is 31.7 Å². The molecule has 0 aliphatic rings. The van der Waals surface area contributed by atoms with Crippen LogP contribution in [-0.2, 0) is 10.0 Å². The summed E-state index contributed by atoms with van der Waals surface area (Å²) in [5.41, 5.74) is -1.70. The normalized spacial score (nSPS) is 11.5. The summed E-state index contributed by atoms with van der Waals surface area (Å²) in [5.74, 6) is -1.13. The summed E-state index contributed by atoms with van der Waals surface area (Å²) in [4.78, 5) is 40.3. The average Bonchev–Trinajstić information content (AvgIpc) is 3.13. The Labute approximate surface area is 220 Å². The number of hydrogen-bond acceptors (Lipinski definition) is 7. The first-order chi connectivity index (χ1) is 16.9. The Morgan fingerprint density at radius 2 is 1.78 bits per heavy atom. The van der Waals surface area contributed by atoms with Crippen LogP contribution in [0.1, 0.15) is 0 Å². The Balaban J connectivity index is 1.66. The van der Waals surface area contributed by atoms with Gasteiger partial charge in [0.2, 0.25) is 0 Å². The van der Waals surface area contributed by atoms with E-state index in [1.165, 1.54) is 12.1 Å². The lowest BCUT2D eigenvalue weighted by molar-refractivity contribution is 0.256. The average molecular weight is 593 g/mol. The van der Waals surface area contributed by atoms with Gasteiger partial charge < -0.3 is 15.6 Å². The van der Waals surface area contributed by atoms with Gasteiger partial charge in [0.1, 0.15) is 14.2 Å². The number of nitrogens with one attached hydrogen (secondary N) is 4. The smallest absolute Gasteiger partial charge is 0.333 e. The first-order valence-corrected chi connectivity index (χ1v) is 13.1. The van der Waals surface area contributed by atoms with E-state index in [0.29, 0.717) is 21.6 Å². The van der Waals surface area contributed by atoms with Gasteiger partial charge in [-0.3, -0.25) is 4.79 Å². The van der Waals surface area contributed by atoms with Crippen molar-refractivity contribution in [1.82, 2.24) is 14.3 Å². The number of hydrogen-bond donors (Lipinski definition) is 4. The fraction of sp³-hybridized carbons (Fsp3) is 0.0500. The molecular weight excluding hydrogens is 580 g/mol. The molecule has 4 aromatic rings. The molecule has 2 aromatic carbocycles. The van der Waals surface area contributed by atoms with E-state index in [0.717, 1.165) is 18.2 Å². The van der Waals surface area contributed by atoms with Crippen molar-refractivity contribution >= 4 is 84.5 Å². The molecule has 2 amide bonds. The molecule has 0 aliphatic carbocycles. The van der Waals surface area contributed by atoms with Crippen LogP contribution in [0, 0.1) is 5.82 Å². The summed E-state index contributed by atoms with van der Waals surface area (Å²) in [5, 5.41) is 4.69. The molecule has 188 valence electrons. The van der Waals surface area contributed by atoms with Crippen molar-refractivity contribution in [2.45, 2.75) is 4.21 Å². The Kier molecular flexibility index (Phi) is 7.03. The Morgan fingerprint density at radius 1 is 1.06 bits per heavy atom. The molecule has 4 rings (SSSR count). The van der Waals surface area contributed by atoms with Crippen LogP contribution in [-0.4, -0.2) is 31.0 Å². The van der Waals surface area contributed by atoms with Crippen molar-refractivity contribution in [3.63, 3.8) is 0 Å². The molecule has 0 spiro atoms. The highest BCUT2D eigenvalue weighted by atomic mass is 35.5. The van der Waals surface area contributed by atoms with Gasteiger partial charge in [0, 0.05) is 18.4 Å². The van der Waals surface area contributed by atoms with E-state index in [-0.39, 0.29) is 30.2 Å². The molecule has 0 bridgehead atoms. The Morgan fingerprint density at radius 3 is 2.39 bits per heavy atom. The van der Waals surface area contributed by atoms with Crippen LogP contribution in [0.5, 0.6) is 0 Å². The number of urea groups is 1. The number of benzene rings is 2. The number of carbonyl (C=O) groups excluding carboxylic acids is 1. The third-order valence-electron chi connectivity index (χ3n) is 4.80. The van der Waals surface area contributed by atoms with Crippen molar-refractivity contribution in [1.29, 1.82) is 0 Å². The monoisotopic (exact) mass is 591 g/mol. The van der Waals surface area contributed by atoms with Gasteiger partial charge in [0.05, 0.1) is 20.9 Å². The number of anilines is 2. The molecule has 0 unspecified atom stereocenters. The van der Waals surface area contributed by atoms with Crippen LogP contribution in [0.3, 0.4) is 0 Å². The molecule has 0 atom stereocenters. The van der Waals surface area contributed by atoms with Gasteiger partial charge in [-0.2, -0.15) is 0 Å². The first-order valence-electron chi connectivity index (χ1n) is 9.66. The van der Waals surface area contributed by atoms with Crippen LogP contribution in [0.2, 0.25) is 14.4 Å².